The molecule has 2 N–H and O–H groups in total. The van der Waals surface area contributed by atoms with Crippen molar-refractivity contribution in [1.29, 1.82) is 0 Å². The number of amides is 3. The fourth-order valence-electron chi connectivity index (χ4n) is 3.41. The molecule has 0 saturated heterocycles. The second kappa shape index (κ2) is 9.40. The Balaban J connectivity index is 1.71. The summed E-state index contributed by atoms with van der Waals surface area (Å²) in [7, 11) is 1.74. The van der Waals surface area contributed by atoms with E-state index in [2.05, 4.69) is 26.6 Å². The monoisotopic (exact) mass is 472 g/mol. The van der Waals surface area contributed by atoms with Gasteiger partial charge in [0.15, 0.2) is 0 Å². The number of hydrogen-bond acceptors (Lipinski definition) is 4. The van der Waals surface area contributed by atoms with Crippen molar-refractivity contribution < 1.29 is 14.4 Å². The van der Waals surface area contributed by atoms with Gasteiger partial charge in [-0.25, -0.2) is 0 Å². The molecule has 0 fully saturated rings. The lowest BCUT2D eigenvalue weighted by molar-refractivity contribution is -0.123. The molecule has 158 valence electrons. The fraction of sp³-hybridized carbons (Fsp3) is 0.318. The molecule has 0 spiro atoms. The highest BCUT2D eigenvalue weighted by Crippen LogP contribution is 2.31. The highest BCUT2D eigenvalue weighted by molar-refractivity contribution is 9.10. The minimum Gasteiger partial charge on any atom is -0.325 e. The van der Waals surface area contributed by atoms with E-state index in [-0.39, 0.29) is 36.7 Å². The number of para-hydroxylation sites is 2. The normalized spacial score (nSPS) is 17.0. The zero-order valence-corrected chi connectivity index (χ0v) is 18.8. The summed E-state index contributed by atoms with van der Waals surface area (Å²) in [5.41, 5.74) is 1.96. The topological polar surface area (TPSA) is 81.8 Å². The zero-order valence-electron chi connectivity index (χ0n) is 17.2. The number of carbonyl (C=O) groups excluding carboxylic acids is 3. The second-order valence-electron chi connectivity index (χ2n) is 7.47. The molecular weight excluding hydrogens is 448 g/mol. The van der Waals surface area contributed by atoms with Crippen molar-refractivity contribution in [3.05, 3.63) is 53.0 Å². The van der Waals surface area contributed by atoms with Crippen LogP contribution in [0.1, 0.15) is 20.3 Å². The summed E-state index contributed by atoms with van der Waals surface area (Å²) in [6, 6.07) is 13.8. The van der Waals surface area contributed by atoms with Gasteiger partial charge < -0.3 is 15.5 Å². The average molecular weight is 473 g/mol. The molecule has 2 aromatic rings. The predicted molar refractivity (Wildman–Crippen MR) is 122 cm³/mol. The Hall–Kier alpha value is -2.71. The third-order valence-electron chi connectivity index (χ3n) is 5.15. The maximum absolute atomic E-state index is 13.2. The number of nitrogens with one attached hydrogen (secondary N) is 2. The van der Waals surface area contributed by atoms with E-state index in [1.807, 2.05) is 43.3 Å². The van der Waals surface area contributed by atoms with E-state index in [1.54, 1.807) is 35.9 Å². The van der Waals surface area contributed by atoms with Gasteiger partial charge in [-0.05, 0) is 51.2 Å². The van der Waals surface area contributed by atoms with E-state index in [4.69, 9.17) is 0 Å². The van der Waals surface area contributed by atoms with Crippen LogP contribution in [-0.4, -0.2) is 48.3 Å². The molecule has 3 amide bonds. The highest BCUT2D eigenvalue weighted by Gasteiger charge is 2.31. The van der Waals surface area contributed by atoms with E-state index in [0.717, 1.165) is 4.47 Å². The van der Waals surface area contributed by atoms with E-state index >= 15 is 0 Å². The first-order valence-electron chi connectivity index (χ1n) is 9.74. The molecule has 0 radical (unpaired) electrons. The summed E-state index contributed by atoms with van der Waals surface area (Å²) in [5, 5.41) is 5.72. The molecule has 8 heteroatoms. The van der Waals surface area contributed by atoms with Crippen molar-refractivity contribution in [1.82, 2.24) is 4.90 Å². The van der Waals surface area contributed by atoms with Crippen LogP contribution in [0, 0.1) is 0 Å². The molecule has 1 heterocycles. The van der Waals surface area contributed by atoms with Gasteiger partial charge in [0, 0.05) is 22.6 Å². The maximum Gasteiger partial charge on any atom is 0.241 e. The highest BCUT2D eigenvalue weighted by atomic mass is 79.9. The molecule has 2 aromatic carbocycles. The van der Waals surface area contributed by atoms with Gasteiger partial charge >= 0.3 is 0 Å². The smallest absolute Gasteiger partial charge is 0.241 e. The Morgan fingerprint density at radius 1 is 1.27 bits per heavy atom. The molecular formula is C22H25BrN4O3. The van der Waals surface area contributed by atoms with Gasteiger partial charge in [-0.15, -0.1) is 0 Å². The Kier molecular flexibility index (Phi) is 6.89. The Morgan fingerprint density at radius 3 is 2.73 bits per heavy atom. The molecule has 1 aliphatic heterocycles. The van der Waals surface area contributed by atoms with Crippen LogP contribution in [0.5, 0.6) is 0 Å². The van der Waals surface area contributed by atoms with Crippen LogP contribution in [0.4, 0.5) is 17.1 Å². The summed E-state index contributed by atoms with van der Waals surface area (Å²) in [5.74, 6) is -0.499. The van der Waals surface area contributed by atoms with Gasteiger partial charge in [0.1, 0.15) is 0 Å². The third-order valence-corrected chi connectivity index (χ3v) is 5.64. The second-order valence-corrected chi connectivity index (χ2v) is 8.39. The first kappa shape index (κ1) is 22.0. The molecule has 3 rings (SSSR count). The fourth-order valence-corrected chi connectivity index (χ4v) is 3.81. The van der Waals surface area contributed by atoms with Crippen molar-refractivity contribution in [2.45, 2.75) is 32.4 Å². The number of benzene rings is 2. The van der Waals surface area contributed by atoms with E-state index in [0.29, 0.717) is 17.1 Å². The third kappa shape index (κ3) is 5.06. The lowest BCUT2D eigenvalue weighted by Gasteiger charge is -2.31. The first-order valence-corrected chi connectivity index (χ1v) is 10.5. The van der Waals surface area contributed by atoms with Crippen LogP contribution in [0.2, 0.25) is 0 Å². The largest absolute Gasteiger partial charge is 0.325 e. The SMILES string of the molecule is CC(C(=O)Nc1cccc(Br)c1)N(C)CC(=O)N1c2ccccc2NC(=O)CC1C. The van der Waals surface area contributed by atoms with Crippen molar-refractivity contribution in [2.24, 2.45) is 0 Å². The van der Waals surface area contributed by atoms with Crippen LogP contribution in [0.25, 0.3) is 0 Å². The number of hydrogen-bond donors (Lipinski definition) is 2. The van der Waals surface area contributed by atoms with Crippen LogP contribution in [-0.2, 0) is 14.4 Å². The molecule has 0 bridgehead atoms. The number of carbonyl (C=O) groups is 3. The van der Waals surface area contributed by atoms with Gasteiger partial charge in [0.2, 0.25) is 17.7 Å². The molecule has 0 aliphatic carbocycles. The number of fused-ring (bicyclic) bond motifs is 1. The van der Waals surface area contributed by atoms with Crippen molar-refractivity contribution in [2.75, 3.05) is 29.1 Å². The van der Waals surface area contributed by atoms with E-state index in [1.165, 1.54) is 0 Å². The number of anilines is 3. The summed E-state index contributed by atoms with van der Waals surface area (Å²) < 4.78 is 0.869. The molecule has 7 nitrogen and oxygen atoms in total. The van der Waals surface area contributed by atoms with Crippen LogP contribution < -0.4 is 15.5 Å². The van der Waals surface area contributed by atoms with Gasteiger partial charge in [0.25, 0.3) is 0 Å². The maximum atomic E-state index is 13.2. The molecule has 2 atom stereocenters. The minimum atomic E-state index is -0.523. The summed E-state index contributed by atoms with van der Waals surface area (Å²) in [6.45, 7) is 3.65. The lowest BCUT2D eigenvalue weighted by atomic mass is 10.1. The summed E-state index contributed by atoms with van der Waals surface area (Å²) in [4.78, 5) is 41.3. The molecule has 0 saturated carbocycles. The van der Waals surface area contributed by atoms with Crippen LogP contribution in [0.3, 0.4) is 0 Å². The Labute approximate surface area is 184 Å². The Bertz CT molecular complexity index is 965. The van der Waals surface area contributed by atoms with Gasteiger partial charge in [-0.2, -0.15) is 0 Å². The zero-order chi connectivity index (χ0) is 21.8. The van der Waals surface area contributed by atoms with Crippen molar-refractivity contribution in [3.8, 4) is 0 Å². The van der Waals surface area contributed by atoms with Crippen molar-refractivity contribution in [3.63, 3.8) is 0 Å². The van der Waals surface area contributed by atoms with Crippen LogP contribution in [0.15, 0.2) is 53.0 Å². The average Bonchev–Trinajstić information content (AvgIpc) is 2.81. The summed E-state index contributed by atoms with van der Waals surface area (Å²) in [6.07, 6.45) is 0.211. The number of halogens is 1. The summed E-state index contributed by atoms with van der Waals surface area (Å²) >= 11 is 3.38. The Morgan fingerprint density at radius 2 is 2.00 bits per heavy atom. The minimum absolute atomic E-state index is 0.0416. The molecule has 30 heavy (non-hydrogen) atoms. The number of rotatable bonds is 5. The quantitative estimate of drug-likeness (QED) is 0.697. The van der Waals surface area contributed by atoms with Crippen molar-refractivity contribution >= 4 is 50.7 Å². The molecule has 1 aliphatic rings. The predicted octanol–water partition coefficient (Wildman–Crippen LogP) is 3.47. The number of nitrogens with zero attached hydrogens (tertiary/aromatic N) is 2. The van der Waals surface area contributed by atoms with Gasteiger partial charge in [0.05, 0.1) is 24.0 Å². The standard InChI is InChI=1S/C22H25BrN4O3/c1-14-11-20(28)25-18-9-4-5-10-19(18)27(14)21(29)13-26(3)15(2)22(30)24-17-8-6-7-16(23)12-17/h4-10,12,14-15H,11,13H2,1-3H3,(H,24,30)(H,25,28). The van der Waals surface area contributed by atoms with Gasteiger partial charge in [-0.3, -0.25) is 19.3 Å². The first-order chi connectivity index (χ1) is 14.3. The number of likely N-dealkylation sites (N-methyl/N-ethyl adjacent to an activating group) is 1. The van der Waals surface area contributed by atoms with Crippen LogP contribution >= 0.6 is 15.9 Å². The van der Waals surface area contributed by atoms with Gasteiger partial charge in [-0.1, -0.05) is 34.1 Å². The van der Waals surface area contributed by atoms with E-state index < -0.39 is 6.04 Å². The van der Waals surface area contributed by atoms with E-state index in [9.17, 15) is 14.4 Å². The molecule has 0 aromatic heterocycles. The lowest BCUT2D eigenvalue weighted by Crippen LogP contribution is -2.48. The molecule has 2 unspecified atom stereocenters.